The average molecular weight is 437 g/mol. The van der Waals surface area contributed by atoms with Gasteiger partial charge in [0.25, 0.3) is 5.56 Å². The third-order valence-electron chi connectivity index (χ3n) is 4.48. The van der Waals surface area contributed by atoms with E-state index in [4.69, 9.17) is 0 Å². The van der Waals surface area contributed by atoms with Crippen LogP contribution in [0.1, 0.15) is 5.56 Å². The molecule has 0 amide bonds. The molecule has 5 nitrogen and oxygen atoms in total. The van der Waals surface area contributed by atoms with Gasteiger partial charge in [-0.25, -0.2) is 0 Å². The molecule has 0 atom stereocenters. The summed E-state index contributed by atoms with van der Waals surface area (Å²) in [5, 5.41) is 11.5. The first-order valence-electron chi connectivity index (χ1n) is 8.37. The van der Waals surface area contributed by atoms with E-state index in [1.54, 1.807) is 15.9 Å². The second-order valence-electron chi connectivity index (χ2n) is 6.18. The van der Waals surface area contributed by atoms with Gasteiger partial charge in [-0.15, -0.1) is 21.5 Å². The van der Waals surface area contributed by atoms with Crippen LogP contribution >= 0.6 is 27.3 Å². The zero-order chi connectivity index (χ0) is 18.4. The van der Waals surface area contributed by atoms with E-state index < -0.39 is 0 Å². The Morgan fingerprint density at radius 1 is 1.00 bits per heavy atom. The molecule has 0 fully saturated rings. The van der Waals surface area contributed by atoms with E-state index in [2.05, 4.69) is 26.1 Å². The normalized spacial score (nSPS) is 11.4. The van der Waals surface area contributed by atoms with Crippen molar-refractivity contribution < 1.29 is 0 Å². The highest BCUT2D eigenvalue weighted by Gasteiger charge is 2.18. The molecule has 3 heterocycles. The van der Waals surface area contributed by atoms with Crippen LogP contribution in [0.2, 0.25) is 0 Å². The third kappa shape index (κ3) is 2.70. The van der Waals surface area contributed by atoms with Gasteiger partial charge in [0.1, 0.15) is 0 Å². The van der Waals surface area contributed by atoms with Crippen molar-refractivity contribution in [1.82, 2.24) is 19.2 Å². The van der Waals surface area contributed by atoms with E-state index in [1.165, 1.54) is 0 Å². The molecule has 0 saturated carbocycles. The minimum absolute atomic E-state index is 0.0618. The average Bonchev–Trinajstić information content (AvgIpc) is 3.32. The second kappa shape index (κ2) is 6.44. The standard InChI is InChI=1S/C20H13BrN4OS/c21-14-10-17(27-12-14)18-22-23-20-24(11-13-6-2-1-3-7-13)19(26)15-8-4-5-9-16(15)25(18)20/h1-10,12H,11H2. The highest BCUT2D eigenvalue weighted by atomic mass is 79.9. The molecular weight excluding hydrogens is 424 g/mol. The molecule has 0 spiro atoms. The molecule has 7 heteroatoms. The number of thiophene rings is 1. The number of nitrogens with zero attached hydrogens (tertiary/aromatic N) is 4. The van der Waals surface area contributed by atoms with E-state index in [1.807, 2.05) is 70.4 Å². The number of hydrogen-bond acceptors (Lipinski definition) is 4. The van der Waals surface area contributed by atoms with Gasteiger partial charge in [-0.1, -0.05) is 42.5 Å². The second-order valence-corrected chi connectivity index (χ2v) is 8.01. The SMILES string of the molecule is O=c1c2ccccc2n2c(-c3cc(Br)cs3)nnc2n1Cc1ccccc1. The Bertz CT molecular complexity index is 1340. The Kier molecular flexibility index (Phi) is 3.91. The first kappa shape index (κ1) is 16.4. The van der Waals surface area contributed by atoms with Crippen molar-refractivity contribution in [3.8, 4) is 10.7 Å². The molecule has 27 heavy (non-hydrogen) atoms. The maximum Gasteiger partial charge on any atom is 0.263 e. The number of rotatable bonds is 3. The largest absolute Gasteiger partial charge is 0.272 e. The van der Waals surface area contributed by atoms with Crippen LogP contribution < -0.4 is 5.56 Å². The summed E-state index contributed by atoms with van der Waals surface area (Å²) in [7, 11) is 0. The number of hydrogen-bond donors (Lipinski definition) is 0. The maximum absolute atomic E-state index is 13.2. The van der Waals surface area contributed by atoms with E-state index in [-0.39, 0.29) is 5.56 Å². The summed E-state index contributed by atoms with van der Waals surface area (Å²) in [4.78, 5) is 14.2. The minimum Gasteiger partial charge on any atom is -0.272 e. The Balaban J connectivity index is 1.86. The van der Waals surface area contributed by atoms with Crippen molar-refractivity contribution in [2.24, 2.45) is 0 Å². The third-order valence-corrected chi connectivity index (χ3v) is 6.17. The summed E-state index contributed by atoms with van der Waals surface area (Å²) in [6.07, 6.45) is 0. The lowest BCUT2D eigenvalue weighted by atomic mass is 10.2. The molecule has 0 bridgehead atoms. The summed E-state index contributed by atoms with van der Waals surface area (Å²) in [6, 6.07) is 19.5. The Labute approximate surface area is 166 Å². The van der Waals surface area contributed by atoms with Crippen LogP contribution in [0.25, 0.3) is 27.4 Å². The van der Waals surface area contributed by atoms with Crippen molar-refractivity contribution in [3.05, 3.63) is 86.4 Å². The van der Waals surface area contributed by atoms with E-state index >= 15 is 0 Å². The first-order chi connectivity index (χ1) is 13.2. The molecule has 132 valence electrons. The fourth-order valence-corrected chi connectivity index (χ4v) is 4.66. The van der Waals surface area contributed by atoms with Crippen molar-refractivity contribution in [2.75, 3.05) is 0 Å². The van der Waals surface area contributed by atoms with Gasteiger partial charge in [-0.2, -0.15) is 0 Å². The Hall–Kier alpha value is -2.77. The van der Waals surface area contributed by atoms with Gasteiger partial charge in [0, 0.05) is 9.85 Å². The number of benzene rings is 2. The highest BCUT2D eigenvalue weighted by molar-refractivity contribution is 9.10. The van der Waals surface area contributed by atoms with Crippen LogP contribution in [0.3, 0.4) is 0 Å². The van der Waals surface area contributed by atoms with Gasteiger partial charge in [-0.05, 0) is 39.7 Å². The molecular formula is C20H13BrN4OS. The van der Waals surface area contributed by atoms with Crippen LogP contribution in [-0.4, -0.2) is 19.2 Å². The monoisotopic (exact) mass is 436 g/mol. The quantitative estimate of drug-likeness (QED) is 0.415. The summed E-state index contributed by atoms with van der Waals surface area (Å²) < 4.78 is 4.66. The molecule has 2 aromatic carbocycles. The molecule has 0 unspecified atom stereocenters. The molecule has 0 aliphatic rings. The fourth-order valence-electron chi connectivity index (χ4n) is 3.26. The van der Waals surface area contributed by atoms with Gasteiger partial charge in [0.15, 0.2) is 5.82 Å². The zero-order valence-corrected chi connectivity index (χ0v) is 16.4. The Morgan fingerprint density at radius 3 is 2.56 bits per heavy atom. The molecule has 0 saturated heterocycles. The minimum atomic E-state index is -0.0618. The predicted octanol–water partition coefficient (Wildman–Crippen LogP) is 4.58. The number of fused-ring (bicyclic) bond motifs is 3. The van der Waals surface area contributed by atoms with Crippen molar-refractivity contribution >= 4 is 43.9 Å². The molecule has 0 aliphatic heterocycles. The van der Waals surface area contributed by atoms with Gasteiger partial charge in [0.05, 0.1) is 22.3 Å². The van der Waals surface area contributed by atoms with Gasteiger partial charge in [-0.3, -0.25) is 13.8 Å². The Morgan fingerprint density at radius 2 is 1.78 bits per heavy atom. The van der Waals surface area contributed by atoms with Crippen LogP contribution in [0.5, 0.6) is 0 Å². The first-order valence-corrected chi connectivity index (χ1v) is 10.0. The molecule has 0 radical (unpaired) electrons. The van der Waals surface area contributed by atoms with Crippen molar-refractivity contribution in [3.63, 3.8) is 0 Å². The van der Waals surface area contributed by atoms with Gasteiger partial charge in [0.2, 0.25) is 5.78 Å². The number of aromatic nitrogens is 4. The molecule has 5 rings (SSSR count). The highest BCUT2D eigenvalue weighted by Crippen LogP contribution is 2.30. The molecule has 5 aromatic rings. The summed E-state index contributed by atoms with van der Waals surface area (Å²) in [5.41, 5.74) is 1.79. The summed E-state index contributed by atoms with van der Waals surface area (Å²) >= 11 is 5.09. The van der Waals surface area contributed by atoms with Crippen LogP contribution in [0.15, 0.2) is 75.3 Å². The number of para-hydroxylation sites is 1. The van der Waals surface area contributed by atoms with E-state index in [9.17, 15) is 4.79 Å². The molecule has 3 aromatic heterocycles. The van der Waals surface area contributed by atoms with E-state index in [0.29, 0.717) is 17.7 Å². The lowest BCUT2D eigenvalue weighted by Crippen LogP contribution is -2.24. The van der Waals surface area contributed by atoms with Crippen molar-refractivity contribution in [2.45, 2.75) is 6.54 Å². The van der Waals surface area contributed by atoms with E-state index in [0.717, 1.165) is 26.3 Å². The maximum atomic E-state index is 13.2. The topological polar surface area (TPSA) is 52.2 Å². The summed E-state index contributed by atoms with van der Waals surface area (Å²) in [5.74, 6) is 1.28. The lowest BCUT2D eigenvalue weighted by molar-refractivity contribution is 0.767. The van der Waals surface area contributed by atoms with Gasteiger partial charge < -0.3 is 0 Å². The predicted molar refractivity (Wildman–Crippen MR) is 111 cm³/mol. The number of halogens is 1. The van der Waals surface area contributed by atoms with Crippen LogP contribution in [0, 0.1) is 0 Å². The summed E-state index contributed by atoms with van der Waals surface area (Å²) in [6.45, 7) is 0.445. The molecule has 0 N–H and O–H groups in total. The van der Waals surface area contributed by atoms with Crippen LogP contribution in [0.4, 0.5) is 0 Å². The lowest BCUT2D eigenvalue weighted by Gasteiger charge is -2.11. The van der Waals surface area contributed by atoms with Crippen molar-refractivity contribution in [1.29, 1.82) is 0 Å². The zero-order valence-electron chi connectivity index (χ0n) is 14.0. The fraction of sp³-hybridized carbons (Fsp3) is 0.0500. The smallest absolute Gasteiger partial charge is 0.263 e. The molecule has 0 aliphatic carbocycles. The van der Waals surface area contributed by atoms with Gasteiger partial charge >= 0.3 is 0 Å². The van der Waals surface area contributed by atoms with Crippen LogP contribution in [-0.2, 0) is 6.54 Å².